The summed E-state index contributed by atoms with van der Waals surface area (Å²) in [6, 6.07) is 10.7. The summed E-state index contributed by atoms with van der Waals surface area (Å²) >= 11 is 0. The Hall–Kier alpha value is -2.96. The summed E-state index contributed by atoms with van der Waals surface area (Å²) in [5.74, 6) is 0.0937. The van der Waals surface area contributed by atoms with E-state index in [1.807, 2.05) is 19.1 Å². The van der Waals surface area contributed by atoms with Crippen molar-refractivity contribution >= 4 is 28.0 Å². The van der Waals surface area contributed by atoms with Crippen LogP contribution >= 0.6 is 10.6 Å². The van der Waals surface area contributed by atoms with Crippen LogP contribution < -0.4 is 15.0 Å². The molecular weight excluding hydrogens is 497 g/mol. The molecule has 2 amide bonds. The molecule has 0 aromatic heterocycles. The molecule has 2 aromatic rings. The van der Waals surface area contributed by atoms with Gasteiger partial charge in [-0.25, -0.2) is 9.80 Å². The number of fused-ring (bicyclic) bond motifs is 1. The van der Waals surface area contributed by atoms with Crippen LogP contribution in [0, 0.1) is 0 Å². The molecule has 194 valence electrons. The summed E-state index contributed by atoms with van der Waals surface area (Å²) in [5, 5.41) is 8.43. The van der Waals surface area contributed by atoms with Crippen LogP contribution in [0.15, 0.2) is 47.6 Å². The van der Waals surface area contributed by atoms with Crippen molar-refractivity contribution in [1.82, 2.24) is 10.3 Å². The highest BCUT2D eigenvalue weighted by molar-refractivity contribution is 8.26. The van der Waals surface area contributed by atoms with Crippen molar-refractivity contribution in [3.8, 4) is 5.75 Å². The monoisotopic (exact) mass is 524 g/mol. The number of hydrogen-bond donors (Lipinski definition) is 3. The predicted molar refractivity (Wildman–Crippen MR) is 132 cm³/mol. The van der Waals surface area contributed by atoms with Gasteiger partial charge in [0.1, 0.15) is 5.75 Å². The van der Waals surface area contributed by atoms with E-state index in [4.69, 9.17) is 0 Å². The van der Waals surface area contributed by atoms with Gasteiger partial charge in [-0.05, 0) is 49.6 Å². The number of benzene rings is 2. The number of amides is 2. The number of nitrogens with one attached hydrogen (secondary N) is 1. The molecule has 0 radical (unpaired) electrons. The van der Waals surface area contributed by atoms with Gasteiger partial charge >= 0.3 is 12.4 Å². The number of carbonyl (C=O) groups is 1. The average molecular weight is 525 g/mol. The molecule has 0 saturated carbocycles. The molecule has 1 atom stereocenters. The molecule has 8 nitrogen and oxygen atoms in total. The van der Waals surface area contributed by atoms with Gasteiger partial charge in [0.2, 0.25) is 0 Å². The molecule has 36 heavy (non-hydrogen) atoms. The van der Waals surface area contributed by atoms with E-state index in [0.717, 1.165) is 17.7 Å². The van der Waals surface area contributed by atoms with Gasteiger partial charge in [-0.1, -0.05) is 18.2 Å². The van der Waals surface area contributed by atoms with E-state index in [0.29, 0.717) is 42.1 Å². The standard InChI is InChI=1S/C24H27F3N4O4S/c1-15-11-17-5-8-19(35-24(25,26)27)12-20(17)21(29-31(15)22(32)28-2)16-3-6-18(7-4-16)30-13-23(14-30)9-10-36(23,33)34/h3-8,12,15,33-34H,9-11,13-14H2,1-2H3,(H,28,32). The number of urea groups is 1. The molecule has 3 N–H and O–H groups in total. The highest BCUT2D eigenvalue weighted by Gasteiger charge is 2.59. The average Bonchev–Trinajstić information content (AvgIpc) is 2.92. The lowest BCUT2D eigenvalue weighted by Crippen LogP contribution is -2.69. The zero-order valence-corrected chi connectivity index (χ0v) is 20.6. The minimum absolute atomic E-state index is 0.339. The minimum atomic E-state index is -4.84. The van der Waals surface area contributed by atoms with E-state index in [2.05, 4.69) is 20.1 Å². The summed E-state index contributed by atoms with van der Waals surface area (Å²) in [6.07, 6.45) is -3.65. The van der Waals surface area contributed by atoms with E-state index in [1.165, 1.54) is 24.2 Å². The molecular formula is C24H27F3N4O4S. The van der Waals surface area contributed by atoms with Gasteiger partial charge in [-0.15, -0.1) is 13.2 Å². The van der Waals surface area contributed by atoms with Gasteiger partial charge in [0.25, 0.3) is 0 Å². The Bertz CT molecular complexity index is 1210. The molecule has 3 heterocycles. The normalized spacial score (nSPS) is 23.0. The lowest BCUT2D eigenvalue weighted by molar-refractivity contribution is -0.274. The number of halogens is 3. The lowest BCUT2D eigenvalue weighted by atomic mass is 9.92. The van der Waals surface area contributed by atoms with Gasteiger partial charge in [-0.2, -0.15) is 15.7 Å². The third-order valence-corrected chi connectivity index (χ3v) is 9.75. The molecule has 1 unspecified atom stereocenters. The Morgan fingerprint density at radius 3 is 2.44 bits per heavy atom. The first-order valence-electron chi connectivity index (χ1n) is 11.5. The molecule has 2 fully saturated rings. The van der Waals surface area contributed by atoms with E-state index in [9.17, 15) is 27.1 Å². The van der Waals surface area contributed by atoms with Crippen molar-refractivity contribution in [3.63, 3.8) is 0 Å². The van der Waals surface area contributed by atoms with Crippen molar-refractivity contribution in [1.29, 1.82) is 0 Å². The maximum Gasteiger partial charge on any atom is 0.573 e. The Balaban J connectivity index is 1.49. The van der Waals surface area contributed by atoms with Crippen LogP contribution in [-0.4, -0.2) is 68.9 Å². The fourth-order valence-corrected chi connectivity index (χ4v) is 6.86. The van der Waals surface area contributed by atoms with Gasteiger partial charge < -0.3 is 15.0 Å². The summed E-state index contributed by atoms with van der Waals surface area (Å²) in [7, 11) is -1.03. The number of alkyl halides is 3. The number of ether oxygens (including phenoxy) is 1. The number of hydrogen-bond acceptors (Lipinski definition) is 6. The Kier molecular flexibility index (Phi) is 5.88. The highest BCUT2D eigenvalue weighted by atomic mass is 32.3. The molecule has 0 aliphatic carbocycles. The van der Waals surface area contributed by atoms with Crippen molar-refractivity contribution < 1.29 is 31.8 Å². The Morgan fingerprint density at radius 2 is 1.89 bits per heavy atom. The second-order valence-electron chi connectivity index (χ2n) is 9.48. The number of nitrogens with zero attached hydrogens (tertiary/aromatic N) is 3. The van der Waals surface area contributed by atoms with Gasteiger partial charge in [-0.3, -0.25) is 9.11 Å². The van der Waals surface area contributed by atoms with Gasteiger partial charge in [0, 0.05) is 42.7 Å². The molecule has 3 aliphatic rings. The van der Waals surface area contributed by atoms with Crippen molar-refractivity contribution in [3.05, 3.63) is 59.2 Å². The largest absolute Gasteiger partial charge is 0.573 e. The van der Waals surface area contributed by atoms with E-state index in [-0.39, 0.29) is 11.8 Å². The third-order valence-electron chi connectivity index (χ3n) is 7.13. The topological polar surface area (TPSA) is 97.6 Å². The number of hydrazone groups is 1. The Morgan fingerprint density at radius 1 is 1.19 bits per heavy atom. The summed E-state index contributed by atoms with van der Waals surface area (Å²) in [4.78, 5) is 14.6. The minimum Gasteiger partial charge on any atom is -0.406 e. The van der Waals surface area contributed by atoms with Crippen molar-refractivity contribution in [2.45, 2.75) is 36.9 Å². The van der Waals surface area contributed by atoms with Crippen LogP contribution in [0.1, 0.15) is 30.0 Å². The highest BCUT2D eigenvalue weighted by Crippen LogP contribution is 2.67. The number of anilines is 1. The van der Waals surface area contributed by atoms with Crippen molar-refractivity contribution in [2.24, 2.45) is 5.10 Å². The number of rotatable bonds is 3. The summed E-state index contributed by atoms with van der Waals surface area (Å²) in [6.45, 7) is 2.95. The molecule has 2 aromatic carbocycles. The quantitative estimate of drug-likeness (QED) is 0.544. The predicted octanol–water partition coefficient (Wildman–Crippen LogP) is 4.64. The summed E-state index contributed by atoms with van der Waals surface area (Å²) in [5.41, 5.74) is 3.06. The molecule has 0 bridgehead atoms. The molecule has 12 heteroatoms. The van der Waals surface area contributed by atoms with Crippen LogP contribution in [0.2, 0.25) is 0 Å². The fraction of sp³-hybridized carbons (Fsp3) is 0.417. The first-order valence-corrected chi connectivity index (χ1v) is 13.2. The molecule has 2 saturated heterocycles. The first-order chi connectivity index (χ1) is 16.9. The smallest absolute Gasteiger partial charge is 0.406 e. The SMILES string of the molecule is CNC(=O)N1N=C(c2ccc(N3CC4(CCS4(O)O)C3)cc2)c2cc(OC(F)(F)F)ccc2CC1C. The maximum atomic E-state index is 12.9. The van der Waals surface area contributed by atoms with Crippen LogP contribution in [0.4, 0.5) is 23.7 Å². The summed E-state index contributed by atoms with van der Waals surface area (Å²) < 4.78 is 62.7. The van der Waals surface area contributed by atoms with Gasteiger partial charge in [0.15, 0.2) is 0 Å². The second kappa shape index (κ2) is 8.56. The van der Waals surface area contributed by atoms with Crippen LogP contribution in [-0.2, 0) is 6.42 Å². The zero-order chi connectivity index (χ0) is 25.9. The van der Waals surface area contributed by atoms with Crippen molar-refractivity contribution in [2.75, 3.05) is 30.8 Å². The van der Waals surface area contributed by atoms with E-state index in [1.54, 1.807) is 18.2 Å². The molecule has 1 spiro atoms. The lowest BCUT2D eigenvalue weighted by Gasteiger charge is -2.67. The zero-order valence-electron chi connectivity index (χ0n) is 19.7. The first kappa shape index (κ1) is 24.7. The second-order valence-corrected chi connectivity index (χ2v) is 12.1. The Labute approximate surface area is 208 Å². The van der Waals surface area contributed by atoms with Crippen LogP contribution in [0.25, 0.3) is 0 Å². The van der Waals surface area contributed by atoms with E-state index < -0.39 is 27.7 Å². The molecule has 5 rings (SSSR count). The van der Waals surface area contributed by atoms with Gasteiger partial charge in [0.05, 0.1) is 16.5 Å². The number of carbonyl (C=O) groups excluding carboxylic acids is 1. The fourth-order valence-electron chi connectivity index (χ4n) is 4.99. The third kappa shape index (κ3) is 4.27. The van der Waals surface area contributed by atoms with Crippen LogP contribution in [0.5, 0.6) is 5.75 Å². The van der Waals surface area contributed by atoms with E-state index >= 15 is 0 Å². The molecule has 3 aliphatic heterocycles. The van der Waals surface area contributed by atoms with Crippen LogP contribution in [0.3, 0.4) is 0 Å². The maximum absolute atomic E-state index is 12.9.